The van der Waals surface area contributed by atoms with Crippen molar-refractivity contribution in [3.05, 3.63) is 24.2 Å². The Kier molecular flexibility index (Phi) is 1.60. The highest BCUT2D eigenvalue weighted by Gasteiger charge is 2.03. The van der Waals surface area contributed by atoms with Crippen molar-refractivity contribution in [3.63, 3.8) is 0 Å². The summed E-state index contributed by atoms with van der Waals surface area (Å²) in [4.78, 5) is 3.99. The summed E-state index contributed by atoms with van der Waals surface area (Å²) < 4.78 is 1.62. The van der Waals surface area contributed by atoms with Crippen LogP contribution in [0.5, 0.6) is 0 Å². The van der Waals surface area contributed by atoms with E-state index in [1.165, 1.54) is 0 Å². The number of hydrogen-bond acceptors (Lipinski definition) is 4. The molecule has 0 saturated heterocycles. The summed E-state index contributed by atoms with van der Waals surface area (Å²) in [6.45, 7) is 0. The lowest BCUT2D eigenvalue weighted by Gasteiger charge is -1.99. The molecule has 5 nitrogen and oxygen atoms in total. The molecule has 2 aromatic rings. The van der Waals surface area contributed by atoms with E-state index in [4.69, 9.17) is 11.0 Å². The quantitative estimate of drug-likeness (QED) is 0.675. The van der Waals surface area contributed by atoms with Gasteiger partial charge in [0.2, 0.25) is 0 Å². The molecule has 0 aliphatic rings. The van der Waals surface area contributed by atoms with E-state index in [1.54, 1.807) is 10.7 Å². The van der Waals surface area contributed by atoms with Crippen LogP contribution < -0.4 is 5.73 Å². The summed E-state index contributed by atoms with van der Waals surface area (Å²) in [5, 5.41) is 12.5. The molecule has 0 radical (unpaired) electrons. The second-order valence-corrected chi connectivity index (χ2v) is 2.59. The molecule has 64 valence electrons. The molecule has 0 bridgehead atoms. The number of nitrogens with two attached hydrogens (primary N) is 1. The molecule has 2 heterocycles. The van der Waals surface area contributed by atoms with Crippen LogP contribution in [0.25, 0.3) is 5.52 Å². The Balaban J connectivity index is 2.64. The van der Waals surface area contributed by atoms with E-state index in [0.717, 1.165) is 5.52 Å². The third-order valence-corrected chi connectivity index (χ3v) is 1.70. The zero-order valence-corrected chi connectivity index (χ0v) is 6.81. The third-order valence-electron chi connectivity index (χ3n) is 1.70. The van der Waals surface area contributed by atoms with Crippen LogP contribution in [0.1, 0.15) is 5.82 Å². The normalized spacial score (nSPS) is 10.1. The fourth-order valence-electron chi connectivity index (χ4n) is 1.15. The Bertz CT molecular complexity index is 479. The van der Waals surface area contributed by atoms with Gasteiger partial charge in [-0.3, -0.25) is 0 Å². The van der Waals surface area contributed by atoms with Crippen molar-refractivity contribution in [2.45, 2.75) is 6.42 Å². The lowest BCUT2D eigenvalue weighted by atomic mass is 10.4. The molecule has 0 atom stereocenters. The molecule has 0 aliphatic carbocycles. The maximum atomic E-state index is 8.45. The van der Waals surface area contributed by atoms with Crippen LogP contribution >= 0.6 is 0 Å². The first kappa shape index (κ1) is 7.55. The Labute approximate surface area is 74.4 Å². The van der Waals surface area contributed by atoms with Crippen molar-refractivity contribution in [1.82, 2.24) is 14.6 Å². The summed E-state index contributed by atoms with van der Waals surface area (Å²) in [5.74, 6) is 0.856. The number of rotatable bonds is 1. The highest BCUT2D eigenvalue weighted by molar-refractivity contribution is 5.64. The highest BCUT2D eigenvalue weighted by atomic mass is 15.3. The minimum atomic E-state index is 0.179. The van der Waals surface area contributed by atoms with Crippen molar-refractivity contribution < 1.29 is 0 Å². The van der Waals surface area contributed by atoms with Gasteiger partial charge < -0.3 is 5.73 Å². The van der Waals surface area contributed by atoms with E-state index in [9.17, 15) is 0 Å². The Morgan fingerprint density at radius 1 is 1.62 bits per heavy atom. The number of nitrogen functional groups attached to an aromatic ring is 1. The average molecular weight is 173 g/mol. The van der Waals surface area contributed by atoms with Gasteiger partial charge in [0.15, 0.2) is 11.6 Å². The first-order valence-corrected chi connectivity index (χ1v) is 3.78. The Hall–Kier alpha value is -2.09. The number of nitrogens with zero attached hydrogens (tertiary/aromatic N) is 4. The first-order chi connectivity index (χ1) is 6.31. The number of aromatic nitrogens is 3. The zero-order chi connectivity index (χ0) is 9.26. The predicted octanol–water partition coefficient (Wildman–Crippen LogP) is 0.378. The molecule has 2 aromatic heterocycles. The molecule has 0 spiro atoms. The van der Waals surface area contributed by atoms with E-state index < -0.39 is 0 Å². The van der Waals surface area contributed by atoms with Gasteiger partial charge in [-0.05, 0) is 12.1 Å². The second kappa shape index (κ2) is 2.75. The molecular weight excluding hydrogens is 166 g/mol. The summed E-state index contributed by atoms with van der Waals surface area (Å²) in [6, 6.07) is 5.63. The number of anilines is 1. The van der Waals surface area contributed by atoms with Crippen LogP contribution in [-0.2, 0) is 6.42 Å². The van der Waals surface area contributed by atoms with Gasteiger partial charge in [-0.25, -0.2) is 9.50 Å². The second-order valence-electron chi connectivity index (χ2n) is 2.59. The van der Waals surface area contributed by atoms with Crippen molar-refractivity contribution in [2.75, 3.05) is 5.73 Å². The fourth-order valence-corrected chi connectivity index (χ4v) is 1.15. The zero-order valence-electron chi connectivity index (χ0n) is 6.81. The van der Waals surface area contributed by atoms with Gasteiger partial charge in [-0.1, -0.05) is 0 Å². The first-order valence-electron chi connectivity index (χ1n) is 3.78. The molecule has 0 aliphatic heterocycles. The lowest BCUT2D eigenvalue weighted by Crippen LogP contribution is -2.04. The van der Waals surface area contributed by atoms with E-state index >= 15 is 0 Å². The van der Waals surface area contributed by atoms with Gasteiger partial charge in [0.05, 0.1) is 12.5 Å². The Morgan fingerprint density at radius 3 is 3.23 bits per heavy atom. The topological polar surface area (TPSA) is 80.0 Å². The highest BCUT2D eigenvalue weighted by Crippen LogP contribution is 2.09. The molecule has 5 heteroatoms. The lowest BCUT2D eigenvalue weighted by molar-refractivity contribution is 0.840. The maximum Gasteiger partial charge on any atom is 0.165 e. The van der Waals surface area contributed by atoms with E-state index in [1.807, 2.05) is 18.2 Å². The molecule has 0 fully saturated rings. The van der Waals surface area contributed by atoms with Crippen LogP contribution in [0.4, 0.5) is 5.82 Å². The van der Waals surface area contributed by atoms with Gasteiger partial charge in [0.25, 0.3) is 0 Å². The van der Waals surface area contributed by atoms with Crippen molar-refractivity contribution in [1.29, 1.82) is 5.26 Å². The van der Waals surface area contributed by atoms with E-state index in [-0.39, 0.29) is 6.42 Å². The van der Waals surface area contributed by atoms with Crippen LogP contribution in [0.3, 0.4) is 0 Å². The Morgan fingerprint density at radius 2 is 2.46 bits per heavy atom. The fraction of sp³-hybridized carbons (Fsp3) is 0.125. The minimum absolute atomic E-state index is 0.179. The smallest absolute Gasteiger partial charge is 0.165 e. The van der Waals surface area contributed by atoms with E-state index in [2.05, 4.69) is 10.1 Å². The average Bonchev–Trinajstić information content (AvgIpc) is 2.53. The van der Waals surface area contributed by atoms with Gasteiger partial charge in [0, 0.05) is 6.20 Å². The standard InChI is InChI=1S/C8H7N5/c9-4-3-7-11-8(10)6-2-1-5-13(6)12-7/h1-2,5H,3H2,(H2,10,11,12). The summed E-state index contributed by atoms with van der Waals surface area (Å²) in [6.07, 6.45) is 1.95. The van der Waals surface area contributed by atoms with Crippen LogP contribution in [-0.4, -0.2) is 14.6 Å². The number of fused-ring (bicyclic) bond motifs is 1. The molecule has 0 saturated carbocycles. The molecule has 0 unspecified atom stereocenters. The van der Waals surface area contributed by atoms with Gasteiger partial charge in [-0.2, -0.15) is 10.4 Å². The monoisotopic (exact) mass is 173 g/mol. The SMILES string of the molecule is N#CCc1nc(N)c2cccn2n1. The maximum absolute atomic E-state index is 8.45. The summed E-state index contributed by atoms with van der Waals surface area (Å²) in [7, 11) is 0. The number of hydrogen-bond donors (Lipinski definition) is 1. The molecule has 0 aromatic carbocycles. The third kappa shape index (κ3) is 1.18. The predicted molar refractivity (Wildman–Crippen MR) is 46.7 cm³/mol. The molecule has 0 amide bonds. The van der Waals surface area contributed by atoms with Gasteiger partial charge in [-0.15, -0.1) is 0 Å². The van der Waals surface area contributed by atoms with Crippen LogP contribution in [0.15, 0.2) is 18.3 Å². The largest absolute Gasteiger partial charge is 0.382 e. The minimum Gasteiger partial charge on any atom is -0.382 e. The van der Waals surface area contributed by atoms with Crippen molar-refractivity contribution in [2.24, 2.45) is 0 Å². The molecule has 2 rings (SSSR count). The van der Waals surface area contributed by atoms with Crippen LogP contribution in [0.2, 0.25) is 0 Å². The summed E-state index contributed by atoms with van der Waals surface area (Å²) in [5.41, 5.74) is 6.42. The van der Waals surface area contributed by atoms with Gasteiger partial charge >= 0.3 is 0 Å². The van der Waals surface area contributed by atoms with Gasteiger partial charge in [0.1, 0.15) is 5.52 Å². The van der Waals surface area contributed by atoms with E-state index in [0.29, 0.717) is 11.6 Å². The molecule has 2 N–H and O–H groups in total. The van der Waals surface area contributed by atoms with Crippen molar-refractivity contribution in [3.8, 4) is 6.07 Å². The summed E-state index contributed by atoms with van der Waals surface area (Å²) >= 11 is 0. The number of nitriles is 1. The van der Waals surface area contributed by atoms with Crippen molar-refractivity contribution >= 4 is 11.3 Å². The molecular formula is C8H7N5. The molecule has 13 heavy (non-hydrogen) atoms. The van der Waals surface area contributed by atoms with Crippen LogP contribution in [0, 0.1) is 11.3 Å².